The Morgan fingerprint density at radius 1 is 0.676 bits per heavy atom. The van der Waals surface area contributed by atoms with E-state index < -0.39 is 5.97 Å². The van der Waals surface area contributed by atoms with Crippen LogP contribution in [0.5, 0.6) is 5.75 Å². The minimum absolute atomic E-state index is 0.348. The van der Waals surface area contributed by atoms with Crippen molar-refractivity contribution in [3.05, 3.63) is 77.6 Å². The van der Waals surface area contributed by atoms with Crippen LogP contribution in [0.15, 0.2) is 60.9 Å². The Labute approximate surface area is 204 Å². The van der Waals surface area contributed by atoms with Gasteiger partial charge in [-0.15, -0.1) is 0 Å². The number of rotatable bonds is 14. The maximum absolute atomic E-state index is 12.5. The first-order valence-electron chi connectivity index (χ1n) is 12.9. The Bertz CT molecular complexity index is 980. The van der Waals surface area contributed by atoms with E-state index in [9.17, 15) is 4.79 Å². The maximum atomic E-state index is 12.5. The van der Waals surface area contributed by atoms with Crippen LogP contribution in [0.1, 0.15) is 93.1 Å². The van der Waals surface area contributed by atoms with Gasteiger partial charge in [0.2, 0.25) is 0 Å². The van der Waals surface area contributed by atoms with E-state index >= 15 is 0 Å². The van der Waals surface area contributed by atoms with Crippen molar-refractivity contribution in [2.24, 2.45) is 0 Å². The topological polar surface area (TPSA) is 52.1 Å². The van der Waals surface area contributed by atoms with Gasteiger partial charge < -0.3 is 4.74 Å². The van der Waals surface area contributed by atoms with Gasteiger partial charge in [0.25, 0.3) is 0 Å². The van der Waals surface area contributed by atoms with Gasteiger partial charge in [-0.25, -0.2) is 14.8 Å². The highest BCUT2D eigenvalue weighted by Gasteiger charge is 2.10. The van der Waals surface area contributed by atoms with Gasteiger partial charge in [0.1, 0.15) is 0 Å². The first-order chi connectivity index (χ1) is 16.7. The van der Waals surface area contributed by atoms with Gasteiger partial charge in [0.15, 0.2) is 11.6 Å². The zero-order valence-electron chi connectivity index (χ0n) is 20.8. The van der Waals surface area contributed by atoms with E-state index in [-0.39, 0.29) is 0 Å². The van der Waals surface area contributed by atoms with Crippen molar-refractivity contribution in [3.63, 3.8) is 0 Å². The summed E-state index contributed by atoms with van der Waals surface area (Å²) in [5, 5.41) is 0. The Morgan fingerprint density at radius 2 is 1.18 bits per heavy atom. The number of carbonyl (C=O) groups excluding carboxylic acids is 1. The number of hydrogen-bond acceptors (Lipinski definition) is 4. The number of nitrogens with zero attached hydrogens (tertiary/aromatic N) is 2. The molecule has 1 heterocycles. The van der Waals surface area contributed by atoms with Gasteiger partial charge >= 0.3 is 5.97 Å². The van der Waals surface area contributed by atoms with Crippen molar-refractivity contribution >= 4 is 5.97 Å². The molecule has 34 heavy (non-hydrogen) atoms. The van der Waals surface area contributed by atoms with E-state index in [4.69, 9.17) is 4.74 Å². The monoisotopic (exact) mass is 458 g/mol. The molecule has 4 heteroatoms. The van der Waals surface area contributed by atoms with E-state index in [0.29, 0.717) is 17.1 Å². The molecule has 0 aliphatic heterocycles. The number of ether oxygens (including phenoxy) is 1. The summed E-state index contributed by atoms with van der Waals surface area (Å²) in [6.07, 6.45) is 16.7. The van der Waals surface area contributed by atoms with Crippen LogP contribution < -0.4 is 4.74 Å². The predicted molar refractivity (Wildman–Crippen MR) is 139 cm³/mol. The number of hydrogen-bond donors (Lipinski definition) is 0. The van der Waals surface area contributed by atoms with Crippen LogP contribution >= 0.6 is 0 Å². The first-order valence-corrected chi connectivity index (χ1v) is 12.9. The molecule has 0 unspecified atom stereocenters. The molecule has 0 saturated heterocycles. The Morgan fingerprint density at radius 3 is 1.74 bits per heavy atom. The second kappa shape index (κ2) is 14.3. The third-order valence-electron chi connectivity index (χ3n) is 6.13. The lowest BCUT2D eigenvalue weighted by molar-refractivity contribution is 0.0733. The molecule has 2 aromatic carbocycles. The molecular weight excluding hydrogens is 420 g/mol. The molecule has 0 atom stereocenters. The van der Waals surface area contributed by atoms with Crippen LogP contribution in [-0.4, -0.2) is 15.9 Å². The highest BCUT2D eigenvalue weighted by Crippen LogP contribution is 2.19. The number of aryl methyl sites for hydroxylation is 2. The molecule has 0 N–H and O–H groups in total. The summed E-state index contributed by atoms with van der Waals surface area (Å²) in [5.41, 5.74) is 4.09. The standard InChI is InChI=1S/C30H38N2O2/c1-3-5-7-9-11-13-25-16-20-27(21-17-25)30(33)34-28-22-31-29(32-23-28)26-18-14-24(15-19-26)12-10-8-6-4-2/h14-23H,3-13H2,1-2H3. The van der Waals surface area contributed by atoms with Crippen molar-refractivity contribution in [3.8, 4) is 17.1 Å². The van der Waals surface area contributed by atoms with E-state index in [1.54, 1.807) is 12.4 Å². The van der Waals surface area contributed by atoms with Crippen molar-refractivity contribution < 1.29 is 9.53 Å². The highest BCUT2D eigenvalue weighted by atomic mass is 16.5. The lowest BCUT2D eigenvalue weighted by Crippen LogP contribution is -2.09. The van der Waals surface area contributed by atoms with Crippen molar-refractivity contribution in [1.82, 2.24) is 9.97 Å². The maximum Gasteiger partial charge on any atom is 0.343 e. The van der Waals surface area contributed by atoms with Gasteiger partial charge in [-0.05, 0) is 48.9 Å². The average molecular weight is 459 g/mol. The lowest BCUT2D eigenvalue weighted by atomic mass is 10.0. The highest BCUT2D eigenvalue weighted by molar-refractivity contribution is 5.91. The molecule has 0 spiro atoms. The Kier molecular flexibility index (Phi) is 10.8. The number of aromatic nitrogens is 2. The summed E-state index contributed by atoms with van der Waals surface area (Å²) in [4.78, 5) is 21.3. The molecule has 0 aliphatic carbocycles. The largest absolute Gasteiger partial charge is 0.420 e. The summed E-state index contributed by atoms with van der Waals surface area (Å²) >= 11 is 0. The van der Waals surface area contributed by atoms with Crippen LogP contribution in [0.25, 0.3) is 11.4 Å². The first kappa shape index (κ1) is 25.6. The molecule has 0 radical (unpaired) electrons. The zero-order valence-corrected chi connectivity index (χ0v) is 20.8. The quantitative estimate of drug-likeness (QED) is 0.181. The second-order valence-electron chi connectivity index (χ2n) is 9.00. The fourth-order valence-corrected chi connectivity index (χ4v) is 4.00. The third kappa shape index (κ3) is 8.40. The molecule has 0 fully saturated rings. The number of benzene rings is 2. The molecule has 0 saturated carbocycles. The molecular formula is C30H38N2O2. The molecule has 0 aliphatic rings. The van der Waals surface area contributed by atoms with Crippen LogP contribution in [0.2, 0.25) is 0 Å². The van der Waals surface area contributed by atoms with Crippen molar-refractivity contribution in [1.29, 1.82) is 0 Å². The number of carbonyl (C=O) groups is 1. The Balaban J connectivity index is 1.48. The normalized spacial score (nSPS) is 10.9. The van der Waals surface area contributed by atoms with Crippen molar-refractivity contribution in [2.75, 3.05) is 0 Å². The molecule has 1 aromatic heterocycles. The summed E-state index contributed by atoms with van der Waals surface area (Å²) < 4.78 is 5.48. The molecule has 0 amide bonds. The van der Waals surface area contributed by atoms with Crippen LogP contribution in [0, 0.1) is 0 Å². The summed E-state index contributed by atoms with van der Waals surface area (Å²) in [6.45, 7) is 4.46. The summed E-state index contributed by atoms with van der Waals surface area (Å²) in [5.74, 6) is 0.584. The van der Waals surface area contributed by atoms with E-state index in [0.717, 1.165) is 18.4 Å². The molecule has 4 nitrogen and oxygen atoms in total. The third-order valence-corrected chi connectivity index (χ3v) is 6.13. The van der Waals surface area contributed by atoms with Crippen LogP contribution in [0.4, 0.5) is 0 Å². The Hall–Kier alpha value is -3.01. The predicted octanol–water partition coefficient (Wildman–Crippen LogP) is 8.00. The van der Waals surface area contributed by atoms with Gasteiger partial charge in [0.05, 0.1) is 18.0 Å². The fourth-order valence-electron chi connectivity index (χ4n) is 4.00. The van der Waals surface area contributed by atoms with E-state index in [2.05, 4.69) is 48.1 Å². The van der Waals surface area contributed by atoms with Gasteiger partial charge in [-0.2, -0.15) is 0 Å². The second-order valence-corrected chi connectivity index (χ2v) is 9.00. The number of esters is 1. The fraction of sp³-hybridized carbons (Fsp3) is 0.433. The minimum Gasteiger partial charge on any atom is -0.420 e. The van der Waals surface area contributed by atoms with E-state index in [1.807, 2.05) is 24.3 Å². The average Bonchev–Trinajstić information content (AvgIpc) is 2.88. The van der Waals surface area contributed by atoms with Crippen LogP contribution in [0.3, 0.4) is 0 Å². The molecule has 3 aromatic rings. The molecule has 0 bridgehead atoms. The minimum atomic E-state index is -0.390. The van der Waals surface area contributed by atoms with Crippen molar-refractivity contribution in [2.45, 2.75) is 84.5 Å². The van der Waals surface area contributed by atoms with Gasteiger partial charge in [-0.1, -0.05) is 95.2 Å². The van der Waals surface area contributed by atoms with Crippen LogP contribution in [-0.2, 0) is 12.8 Å². The zero-order chi connectivity index (χ0) is 24.0. The van der Waals surface area contributed by atoms with E-state index in [1.165, 1.54) is 68.9 Å². The SMILES string of the molecule is CCCCCCCc1ccc(C(=O)Oc2cnc(-c3ccc(CCCCCC)cc3)nc2)cc1. The van der Waals surface area contributed by atoms with Gasteiger partial charge in [-0.3, -0.25) is 0 Å². The number of unbranched alkanes of at least 4 members (excludes halogenated alkanes) is 7. The summed E-state index contributed by atoms with van der Waals surface area (Å²) in [7, 11) is 0. The summed E-state index contributed by atoms with van der Waals surface area (Å²) in [6, 6.07) is 16.1. The molecule has 3 rings (SSSR count). The molecule has 180 valence electrons. The van der Waals surface area contributed by atoms with Gasteiger partial charge in [0, 0.05) is 5.56 Å². The lowest BCUT2D eigenvalue weighted by Gasteiger charge is -2.07. The smallest absolute Gasteiger partial charge is 0.343 e.